The van der Waals surface area contributed by atoms with Gasteiger partial charge < -0.3 is 10.1 Å². The van der Waals surface area contributed by atoms with Crippen molar-refractivity contribution in [2.45, 2.75) is 32.2 Å². The molecule has 3 aromatic rings. The Morgan fingerprint density at radius 1 is 1.06 bits per heavy atom. The molecule has 0 radical (unpaired) electrons. The van der Waals surface area contributed by atoms with Crippen LogP contribution in [0.25, 0.3) is 0 Å². The SMILES string of the molecule is COc1ccc2c(c1)C(CC(=O)c1ccc(NC(=O)c3ccccc3F)cc1)=NC(C)(C)C2. The summed E-state index contributed by atoms with van der Waals surface area (Å²) in [6.45, 7) is 4.11. The fraction of sp³-hybridized carbons (Fsp3) is 0.222. The highest BCUT2D eigenvalue weighted by atomic mass is 19.1. The van der Waals surface area contributed by atoms with Crippen molar-refractivity contribution < 1.29 is 18.7 Å². The number of halogens is 1. The predicted octanol–water partition coefficient (Wildman–Crippen LogP) is 5.48. The van der Waals surface area contributed by atoms with Crippen LogP contribution in [0.3, 0.4) is 0 Å². The number of fused-ring (bicyclic) bond motifs is 1. The van der Waals surface area contributed by atoms with Gasteiger partial charge in [0.1, 0.15) is 11.6 Å². The number of carbonyl (C=O) groups is 2. The Kier molecular flexibility index (Phi) is 6.09. The lowest BCUT2D eigenvalue weighted by atomic mass is 9.85. The molecule has 1 aliphatic rings. The van der Waals surface area contributed by atoms with E-state index in [1.54, 1.807) is 37.4 Å². The number of Topliss-reactive ketones (excluding diaryl/α,β-unsaturated/α-hetero) is 1. The van der Waals surface area contributed by atoms with Crippen LogP contribution in [0.15, 0.2) is 71.7 Å². The minimum absolute atomic E-state index is 0.0373. The van der Waals surface area contributed by atoms with Crippen molar-refractivity contribution in [3.05, 3.63) is 94.8 Å². The first-order valence-corrected chi connectivity index (χ1v) is 10.7. The van der Waals surface area contributed by atoms with E-state index in [0.717, 1.165) is 29.0 Å². The number of nitrogens with zero attached hydrogens (tertiary/aromatic N) is 1. The third-order valence-corrected chi connectivity index (χ3v) is 5.60. The average molecular weight is 445 g/mol. The molecule has 0 atom stereocenters. The normalized spacial score (nSPS) is 14.1. The van der Waals surface area contributed by atoms with Crippen molar-refractivity contribution in [1.82, 2.24) is 0 Å². The van der Waals surface area contributed by atoms with Crippen LogP contribution >= 0.6 is 0 Å². The lowest BCUT2D eigenvalue weighted by Gasteiger charge is -2.29. The molecule has 0 spiro atoms. The van der Waals surface area contributed by atoms with E-state index < -0.39 is 11.7 Å². The lowest BCUT2D eigenvalue weighted by molar-refractivity contribution is 0.0998. The number of amides is 1. The number of ketones is 1. The number of ether oxygens (including phenoxy) is 1. The number of nitrogens with one attached hydrogen (secondary N) is 1. The highest BCUT2D eigenvalue weighted by Crippen LogP contribution is 2.31. The first kappa shape index (κ1) is 22.4. The zero-order valence-electron chi connectivity index (χ0n) is 18.8. The number of benzene rings is 3. The van der Waals surface area contributed by atoms with E-state index in [4.69, 9.17) is 9.73 Å². The van der Waals surface area contributed by atoms with E-state index in [1.165, 1.54) is 18.2 Å². The summed E-state index contributed by atoms with van der Waals surface area (Å²) in [4.78, 5) is 30.2. The van der Waals surface area contributed by atoms with Crippen LogP contribution in [0.2, 0.25) is 0 Å². The molecular formula is C27H25FN2O3. The van der Waals surface area contributed by atoms with Gasteiger partial charge in [-0.05, 0) is 74.4 Å². The summed E-state index contributed by atoms with van der Waals surface area (Å²) in [6, 6.07) is 18.2. The molecule has 6 heteroatoms. The van der Waals surface area contributed by atoms with Gasteiger partial charge in [0.25, 0.3) is 5.91 Å². The van der Waals surface area contributed by atoms with E-state index >= 15 is 0 Å². The molecule has 1 N–H and O–H groups in total. The van der Waals surface area contributed by atoms with Crippen molar-refractivity contribution >= 4 is 23.1 Å². The summed E-state index contributed by atoms with van der Waals surface area (Å²) in [5.74, 6) is -0.484. The molecule has 0 fully saturated rings. The quantitative estimate of drug-likeness (QED) is 0.512. The van der Waals surface area contributed by atoms with Gasteiger partial charge in [-0.3, -0.25) is 14.6 Å². The number of methoxy groups -OCH3 is 1. The monoisotopic (exact) mass is 444 g/mol. The summed E-state index contributed by atoms with van der Waals surface area (Å²) < 4.78 is 19.2. The van der Waals surface area contributed by atoms with Gasteiger partial charge in [-0.25, -0.2) is 4.39 Å². The molecule has 3 aromatic carbocycles. The highest BCUT2D eigenvalue weighted by molar-refractivity contribution is 6.17. The fourth-order valence-electron chi connectivity index (χ4n) is 4.01. The predicted molar refractivity (Wildman–Crippen MR) is 127 cm³/mol. The molecule has 0 aliphatic carbocycles. The van der Waals surface area contributed by atoms with Gasteiger partial charge >= 0.3 is 0 Å². The van der Waals surface area contributed by atoms with Crippen molar-refractivity contribution in [2.24, 2.45) is 4.99 Å². The van der Waals surface area contributed by atoms with E-state index in [9.17, 15) is 14.0 Å². The summed E-state index contributed by atoms with van der Waals surface area (Å²) in [7, 11) is 1.61. The third kappa shape index (κ3) is 5.00. The lowest BCUT2D eigenvalue weighted by Crippen LogP contribution is -2.30. The molecule has 0 unspecified atom stereocenters. The van der Waals surface area contributed by atoms with Gasteiger partial charge in [0, 0.05) is 16.8 Å². The van der Waals surface area contributed by atoms with Crippen LogP contribution in [-0.2, 0) is 6.42 Å². The summed E-state index contributed by atoms with van der Waals surface area (Å²) in [5, 5.41) is 2.66. The van der Waals surface area contributed by atoms with Crippen LogP contribution in [-0.4, -0.2) is 30.1 Å². The maximum Gasteiger partial charge on any atom is 0.258 e. The maximum atomic E-state index is 13.8. The molecular weight excluding hydrogens is 419 g/mol. The Balaban J connectivity index is 1.50. The van der Waals surface area contributed by atoms with Gasteiger partial charge in [0.15, 0.2) is 5.78 Å². The molecule has 1 aliphatic heterocycles. The Labute approximate surface area is 192 Å². The Morgan fingerprint density at radius 3 is 2.48 bits per heavy atom. The van der Waals surface area contributed by atoms with Gasteiger partial charge in [-0.2, -0.15) is 0 Å². The van der Waals surface area contributed by atoms with Crippen LogP contribution in [0.5, 0.6) is 5.75 Å². The average Bonchev–Trinajstić information content (AvgIpc) is 2.79. The minimum atomic E-state index is -0.588. The molecule has 0 aromatic heterocycles. The molecule has 1 amide bonds. The number of anilines is 1. The van der Waals surface area contributed by atoms with Crippen LogP contribution < -0.4 is 10.1 Å². The smallest absolute Gasteiger partial charge is 0.258 e. The Morgan fingerprint density at radius 2 is 1.79 bits per heavy atom. The molecule has 168 valence electrons. The topological polar surface area (TPSA) is 67.8 Å². The number of hydrogen-bond donors (Lipinski definition) is 1. The van der Waals surface area contributed by atoms with Crippen molar-refractivity contribution in [1.29, 1.82) is 0 Å². The molecule has 1 heterocycles. The molecule has 33 heavy (non-hydrogen) atoms. The third-order valence-electron chi connectivity index (χ3n) is 5.60. The van der Waals surface area contributed by atoms with Crippen molar-refractivity contribution in [2.75, 3.05) is 12.4 Å². The largest absolute Gasteiger partial charge is 0.497 e. The first-order chi connectivity index (χ1) is 15.8. The molecule has 0 saturated carbocycles. The van der Waals surface area contributed by atoms with Crippen molar-refractivity contribution in [3.8, 4) is 5.75 Å². The fourth-order valence-corrected chi connectivity index (χ4v) is 4.01. The maximum absolute atomic E-state index is 13.8. The Hall–Kier alpha value is -3.80. The van der Waals surface area contributed by atoms with Gasteiger partial charge in [0.2, 0.25) is 0 Å². The minimum Gasteiger partial charge on any atom is -0.497 e. The molecule has 0 saturated heterocycles. The van der Waals surface area contributed by atoms with Crippen LogP contribution in [0.4, 0.5) is 10.1 Å². The van der Waals surface area contributed by atoms with Crippen LogP contribution in [0.1, 0.15) is 52.1 Å². The summed E-state index contributed by atoms with van der Waals surface area (Å²) >= 11 is 0. The second-order valence-electron chi connectivity index (χ2n) is 8.68. The molecule has 4 rings (SSSR count). The second kappa shape index (κ2) is 8.98. The number of carbonyl (C=O) groups excluding carboxylic acids is 2. The summed E-state index contributed by atoms with van der Waals surface area (Å²) in [6.07, 6.45) is 0.949. The zero-order valence-corrected chi connectivity index (χ0v) is 18.8. The number of aliphatic imine (C=N–C) groups is 1. The second-order valence-corrected chi connectivity index (χ2v) is 8.68. The molecule has 0 bridgehead atoms. The first-order valence-electron chi connectivity index (χ1n) is 10.7. The standard InChI is InChI=1S/C27H25FN2O3/c1-27(2)16-18-10-13-20(33-3)14-22(18)24(30-27)15-25(31)17-8-11-19(12-9-17)29-26(32)21-6-4-5-7-23(21)28/h4-14H,15-16H2,1-3H3,(H,29,32). The van der Waals surface area contributed by atoms with Crippen LogP contribution in [0, 0.1) is 5.82 Å². The van der Waals surface area contributed by atoms with Gasteiger partial charge in [0.05, 0.1) is 30.3 Å². The zero-order chi connectivity index (χ0) is 23.6. The van der Waals surface area contributed by atoms with Gasteiger partial charge in [-0.15, -0.1) is 0 Å². The van der Waals surface area contributed by atoms with Gasteiger partial charge in [-0.1, -0.05) is 18.2 Å². The summed E-state index contributed by atoms with van der Waals surface area (Å²) in [5.41, 5.74) is 3.48. The Bertz CT molecular complexity index is 1250. The van der Waals surface area contributed by atoms with E-state index in [1.807, 2.05) is 18.2 Å². The highest BCUT2D eigenvalue weighted by Gasteiger charge is 2.28. The van der Waals surface area contributed by atoms with Crippen molar-refractivity contribution in [3.63, 3.8) is 0 Å². The van der Waals surface area contributed by atoms with E-state index in [0.29, 0.717) is 11.3 Å². The van der Waals surface area contributed by atoms with E-state index in [-0.39, 0.29) is 23.3 Å². The number of rotatable bonds is 6. The number of hydrogen-bond acceptors (Lipinski definition) is 4. The van der Waals surface area contributed by atoms with E-state index in [2.05, 4.69) is 19.2 Å². The molecule has 5 nitrogen and oxygen atoms in total.